The molecule has 6 N–H and O–H groups in total. The van der Waals surface area contributed by atoms with E-state index in [1.54, 1.807) is 19.2 Å². The van der Waals surface area contributed by atoms with E-state index in [9.17, 15) is 24.0 Å². The molecule has 2 aromatic carbocycles. The van der Waals surface area contributed by atoms with Crippen LogP contribution >= 0.6 is 0 Å². The van der Waals surface area contributed by atoms with Crippen LogP contribution in [-0.2, 0) is 14.4 Å². The minimum absolute atomic E-state index is 0.0238. The van der Waals surface area contributed by atoms with Gasteiger partial charge in [-0.25, -0.2) is 0 Å². The lowest BCUT2D eigenvalue weighted by Gasteiger charge is -2.36. The van der Waals surface area contributed by atoms with Gasteiger partial charge in [0.1, 0.15) is 17.8 Å². The van der Waals surface area contributed by atoms with Crippen LogP contribution in [-0.4, -0.2) is 79.3 Å². The van der Waals surface area contributed by atoms with Crippen LogP contribution in [0.15, 0.2) is 48.5 Å². The van der Waals surface area contributed by atoms with Gasteiger partial charge in [-0.2, -0.15) is 0 Å². The van der Waals surface area contributed by atoms with Crippen LogP contribution in [0.2, 0.25) is 0 Å². The Bertz CT molecular complexity index is 1390. The van der Waals surface area contributed by atoms with Crippen molar-refractivity contribution in [1.29, 1.82) is 0 Å². The Balaban J connectivity index is 1.59. The van der Waals surface area contributed by atoms with E-state index in [-0.39, 0.29) is 48.5 Å². The zero-order valence-corrected chi connectivity index (χ0v) is 24.9. The quantitative estimate of drug-likeness (QED) is 0.288. The fourth-order valence-corrected chi connectivity index (χ4v) is 5.46. The highest BCUT2D eigenvalue weighted by Crippen LogP contribution is 2.33. The molecule has 43 heavy (non-hydrogen) atoms. The van der Waals surface area contributed by atoms with Gasteiger partial charge < -0.3 is 36.6 Å². The summed E-state index contributed by atoms with van der Waals surface area (Å²) < 4.78 is 5.73. The summed E-state index contributed by atoms with van der Waals surface area (Å²) in [6.45, 7) is 6.02. The molecule has 0 spiro atoms. The highest BCUT2D eigenvalue weighted by atomic mass is 16.5. The number of para-hydroxylation sites is 1. The van der Waals surface area contributed by atoms with Crippen molar-refractivity contribution < 1.29 is 28.7 Å². The Labute approximate surface area is 251 Å². The minimum Gasteiger partial charge on any atom is -0.493 e. The van der Waals surface area contributed by atoms with Crippen LogP contribution in [0.3, 0.4) is 0 Å². The van der Waals surface area contributed by atoms with Crippen molar-refractivity contribution in [3.63, 3.8) is 0 Å². The summed E-state index contributed by atoms with van der Waals surface area (Å²) in [5, 5.41) is 11.6. The molecule has 0 saturated carbocycles. The van der Waals surface area contributed by atoms with E-state index in [2.05, 4.69) is 21.3 Å². The molecule has 2 aliphatic rings. The van der Waals surface area contributed by atoms with Crippen LogP contribution in [0.1, 0.15) is 65.9 Å². The number of likely N-dealkylation sites (tertiary alicyclic amines) is 1. The largest absolute Gasteiger partial charge is 0.493 e. The number of rotatable bonds is 9. The fraction of sp³-hybridized carbons (Fsp3) is 0.452. The number of likely N-dealkylation sites (N-methyl/N-ethyl adjacent to an activating group) is 1. The van der Waals surface area contributed by atoms with Crippen LogP contribution in [0.5, 0.6) is 5.75 Å². The second-order valence-corrected chi connectivity index (χ2v) is 12.0. The van der Waals surface area contributed by atoms with Crippen LogP contribution < -0.4 is 31.7 Å². The number of fused-ring (bicyclic) bond motifs is 1. The maximum Gasteiger partial charge on any atom is 0.251 e. The number of nitrogens with two attached hydrogens (primary N) is 1. The molecule has 2 aromatic rings. The van der Waals surface area contributed by atoms with Gasteiger partial charge in [-0.1, -0.05) is 45.0 Å². The number of carbonyl (C=O) groups is 5. The maximum atomic E-state index is 14.1. The van der Waals surface area contributed by atoms with Gasteiger partial charge in [0.2, 0.25) is 23.6 Å². The summed E-state index contributed by atoms with van der Waals surface area (Å²) in [7, 11) is 1.63. The zero-order valence-electron chi connectivity index (χ0n) is 24.9. The van der Waals surface area contributed by atoms with Gasteiger partial charge in [0, 0.05) is 35.7 Å². The summed E-state index contributed by atoms with van der Waals surface area (Å²) in [4.78, 5) is 66.7. The number of benzene rings is 2. The minimum atomic E-state index is -0.922. The van der Waals surface area contributed by atoms with Crippen molar-refractivity contribution >= 4 is 29.5 Å². The van der Waals surface area contributed by atoms with Gasteiger partial charge in [0.25, 0.3) is 5.91 Å². The van der Waals surface area contributed by atoms with Crippen molar-refractivity contribution in [2.45, 2.75) is 57.8 Å². The SMILES string of the molecule is CNCC(=O)NC(C(=O)N1CC(NC(=O)c2cccc(C(N)=O)c2)CC1C(=O)NC1CCOc2ccccc21)C(C)(C)C. The van der Waals surface area contributed by atoms with Gasteiger partial charge in [0.05, 0.1) is 19.2 Å². The van der Waals surface area contributed by atoms with Gasteiger partial charge in [0.15, 0.2) is 0 Å². The van der Waals surface area contributed by atoms with Crippen molar-refractivity contribution in [2.75, 3.05) is 26.7 Å². The number of hydrogen-bond donors (Lipinski definition) is 5. The lowest BCUT2D eigenvalue weighted by molar-refractivity contribution is -0.144. The Hall–Kier alpha value is -4.45. The molecule has 12 nitrogen and oxygen atoms in total. The van der Waals surface area contributed by atoms with Gasteiger partial charge in [-0.05, 0) is 43.1 Å². The first kappa shape index (κ1) is 31.5. The Morgan fingerprint density at radius 3 is 2.44 bits per heavy atom. The zero-order chi connectivity index (χ0) is 31.3. The fourth-order valence-electron chi connectivity index (χ4n) is 5.46. The molecule has 4 atom stereocenters. The van der Waals surface area contributed by atoms with E-state index < -0.39 is 41.3 Å². The van der Waals surface area contributed by atoms with E-state index in [4.69, 9.17) is 10.5 Å². The molecule has 12 heteroatoms. The molecule has 2 heterocycles. The summed E-state index contributed by atoms with van der Waals surface area (Å²) in [6, 6.07) is 10.8. The second-order valence-electron chi connectivity index (χ2n) is 12.0. The molecule has 5 amide bonds. The molecule has 1 fully saturated rings. The topological polar surface area (TPSA) is 172 Å². The average Bonchev–Trinajstić information content (AvgIpc) is 3.39. The number of amides is 5. The normalized spacial score (nSPS) is 20.3. The van der Waals surface area contributed by atoms with Gasteiger partial charge in [-0.3, -0.25) is 24.0 Å². The Morgan fingerprint density at radius 1 is 1.02 bits per heavy atom. The number of carbonyl (C=O) groups excluding carboxylic acids is 5. The molecule has 4 unspecified atom stereocenters. The molecule has 4 rings (SSSR count). The molecule has 0 aromatic heterocycles. The van der Waals surface area contributed by atoms with E-state index in [1.807, 2.05) is 45.0 Å². The van der Waals surface area contributed by atoms with Crippen LogP contribution in [0.4, 0.5) is 0 Å². The molecule has 230 valence electrons. The lowest BCUT2D eigenvalue weighted by Crippen LogP contribution is -2.58. The standard InChI is InChI=1S/C31H40N6O6/c1-31(2,3)26(36-25(38)16-33-4)30(42)37-17-20(34-28(40)19-9-7-8-18(14-19)27(32)39)15-23(37)29(41)35-22-12-13-43-24-11-6-5-10-21(22)24/h5-11,14,20,22-23,26,33H,12-13,15-17H2,1-4H3,(H2,32,39)(H,34,40)(H,35,41)(H,36,38). The first-order chi connectivity index (χ1) is 20.4. The maximum absolute atomic E-state index is 14.1. The second kappa shape index (κ2) is 13.2. The van der Waals surface area contributed by atoms with E-state index in [0.29, 0.717) is 18.8 Å². The molecule has 1 saturated heterocycles. The lowest BCUT2D eigenvalue weighted by atomic mass is 9.85. The smallest absolute Gasteiger partial charge is 0.251 e. The highest BCUT2D eigenvalue weighted by molar-refractivity contribution is 5.99. The first-order valence-electron chi connectivity index (χ1n) is 14.4. The van der Waals surface area contributed by atoms with Crippen molar-refractivity contribution in [1.82, 2.24) is 26.2 Å². The summed E-state index contributed by atoms with van der Waals surface area (Å²) in [6.07, 6.45) is 0.718. The molecule has 0 radical (unpaired) electrons. The third-order valence-electron chi connectivity index (χ3n) is 7.66. The third-order valence-corrected chi connectivity index (χ3v) is 7.66. The molecule has 2 aliphatic heterocycles. The predicted molar refractivity (Wildman–Crippen MR) is 159 cm³/mol. The highest BCUT2D eigenvalue weighted by Gasteiger charge is 2.45. The number of primary amides is 1. The van der Waals surface area contributed by atoms with Crippen LogP contribution in [0, 0.1) is 5.41 Å². The molecule has 0 aliphatic carbocycles. The number of hydrogen-bond acceptors (Lipinski definition) is 7. The van der Waals surface area contributed by atoms with Crippen molar-refractivity contribution in [2.24, 2.45) is 11.1 Å². The summed E-state index contributed by atoms with van der Waals surface area (Å²) in [5.41, 5.74) is 5.97. The van der Waals surface area contributed by atoms with Gasteiger partial charge in [-0.15, -0.1) is 0 Å². The third kappa shape index (κ3) is 7.50. The monoisotopic (exact) mass is 592 g/mol. The number of ether oxygens (including phenoxy) is 1. The van der Waals surface area contributed by atoms with E-state index >= 15 is 0 Å². The molecular formula is C31H40N6O6. The number of nitrogens with one attached hydrogen (secondary N) is 4. The summed E-state index contributed by atoms with van der Waals surface area (Å²) >= 11 is 0. The Morgan fingerprint density at radius 2 is 1.74 bits per heavy atom. The molecule has 0 bridgehead atoms. The first-order valence-corrected chi connectivity index (χ1v) is 14.4. The average molecular weight is 593 g/mol. The predicted octanol–water partition coefficient (Wildman–Crippen LogP) is 0.875. The van der Waals surface area contributed by atoms with Crippen molar-refractivity contribution in [3.05, 3.63) is 65.2 Å². The van der Waals surface area contributed by atoms with Crippen molar-refractivity contribution in [3.8, 4) is 5.75 Å². The number of nitrogens with zero attached hydrogens (tertiary/aromatic N) is 1. The summed E-state index contributed by atoms with van der Waals surface area (Å²) in [5.74, 6) is -1.56. The van der Waals surface area contributed by atoms with Gasteiger partial charge >= 0.3 is 0 Å². The van der Waals surface area contributed by atoms with E-state index in [1.165, 1.54) is 17.0 Å². The Kier molecular flexibility index (Phi) is 9.70. The van der Waals surface area contributed by atoms with Crippen LogP contribution in [0.25, 0.3) is 0 Å². The van der Waals surface area contributed by atoms with E-state index in [0.717, 1.165) is 5.56 Å². The molecular weight excluding hydrogens is 552 g/mol.